The Kier molecular flexibility index (Phi) is 8.74. The average molecular weight is 535 g/mol. The fraction of sp³-hybridized carbons (Fsp3) is 0.308. The predicted molar refractivity (Wildman–Crippen MR) is 139 cm³/mol. The van der Waals surface area contributed by atoms with Gasteiger partial charge in [0, 0.05) is 67.1 Å². The number of aromatic nitrogens is 1. The number of hydrogen-bond donors (Lipinski definition) is 0. The lowest BCUT2D eigenvalue weighted by atomic mass is 10.1. The Morgan fingerprint density at radius 2 is 1.69 bits per heavy atom. The molecule has 1 amide bonds. The molecule has 0 N–H and O–H groups in total. The summed E-state index contributed by atoms with van der Waals surface area (Å²) in [7, 11) is 1.52. The second-order valence-corrected chi connectivity index (χ2v) is 9.47. The first-order valence-corrected chi connectivity index (χ1v) is 12.4. The van der Waals surface area contributed by atoms with Crippen LogP contribution in [0.2, 0.25) is 15.1 Å². The van der Waals surface area contributed by atoms with Gasteiger partial charge in [-0.05, 0) is 47.5 Å². The summed E-state index contributed by atoms with van der Waals surface area (Å²) in [4.78, 5) is 21.5. The van der Waals surface area contributed by atoms with E-state index in [1.54, 1.807) is 36.7 Å². The predicted octanol–water partition coefficient (Wildman–Crippen LogP) is 5.63. The quantitative estimate of drug-likeness (QED) is 0.375. The highest BCUT2D eigenvalue weighted by atomic mass is 35.5. The van der Waals surface area contributed by atoms with Gasteiger partial charge in [-0.1, -0.05) is 40.9 Å². The van der Waals surface area contributed by atoms with Gasteiger partial charge in [0.1, 0.15) is 16.5 Å². The third-order valence-corrected chi connectivity index (χ3v) is 6.89. The van der Waals surface area contributed by atoms with Crippen LogP contribution < -0.4 is 9.47 Å². The highest BCUT2D eigenvalue weighted by Gasteiger charge is 2.24. The van der Waals surface area contributed by atoms with E-state index in [4.69, 9.17) is 44.3 Å². The molecular weight excluding hydrogens is 509 g/mol. The number of carbonyl (C=O) groups excluding carboxylic acids is 1. The summed E-state index contributed by atoms with van der Waals surface area (Å²) in [5.41, 5.74) is 2.60. The molecule has 1 aliphatic rings. The van der Waals surface area contributed by atoms with Crippen LogP contribution in [0.5, 0.6) is 11.5 Å². The smallest absolute Gasteiger partial charge is 0.254 e. The maximum absolute atomic E-state index is 13.3. The Bertz CT molecular complexity index is 1170. The summed E-state index contributed by atoms with van der Waals surface area (Å²) in [6.45, 7) is 4.04. The molecular formula is C26H26Cl3N3O3. The topological polar surface area (TPSA) is 54.9 Å². The van der Waals surface area contributed by atoms with E-state index in [1.807, 2.05) is 23.1 Å². The first-order chi connectivity index (χ1) is 16.9. The second-order valence-electron chi connectivity index (χ2n) is 8.25. The number of rotatable bonds is 8. The molecule has 2 heterocycles. The fourth-order valence-corrected chi connectivity index (χ4v) is 4.73. The highest BCUT2D eigenvalue weighted by Crippen LogP contribution is 2.36. The number of nitrogens with zero attached hydrogens (tertiary/aromatic N) is 3. The molecule has 1 aromatic heterocycles. The highest BCUT2D eigenvalue weighted by molar-refractivity contribution is 6.35. The van der Waals surface area contributed by atoms with Crippen LogP contribution >= 0.6 is 34.8 Å². The van der Waals surface area contributed by atoms with Crippen LogP contribution in [0.3, 0.4) is 0 Å². The van der Waals surface area contributed by atoms with Crippen LogP contribution in [-0.4, -0.2) is 60.6 Å². The zero-order valence-electron chi connectivity index (χ0n) is 19.3. The summed E-state index contributed by atoms with van der Waals surface area (Å²) in [5.74, 6) is 0.721. The first kappa shape index (κ1) is 25.6. The summed E-state index contributed by atoms with van der Waals surface area (Å²) in [6.07, 6.45) is 4.16. The third kappa shape index (κ3) is 6.58. The number of halogens is 3. The molecule has 9 heteroatoms. The van der Waals surface area contributed by atoms with E-state index >= 15 is 0 Å². The summed E-state index contributed by atoms with van der Waals surface area (Å²) in [5, 5.41) is 1.49. The maximum Gasteiger partial charge on any atom is 0.254 e. The van der Waals surface area contributed by atoms with Crippen molar-refractivity contribution < 1.29 is 14.3 Å². The van der Waals surface area contributed by atoms with E-state index in [-0.39, 0.29) is 5.91 Å². The van der Waals surface area contributed by atoms with Gasteiger partial charge in [0.15, 0.2) is 0 Å². The summed E-state index contributed by atoms with van der Waals surface area (Å²) >= 11 is 18.7. The molecule has 0 spiro atoms. The SMILES string of the molecule is COc1cc(C(=O)N2CCN(Cc3ccncc3)CC2)cc(OCCc2ccc(Cl)cc2Cl)c1Cl. The van der Waals surface area contributed by atoms with Crippen LogP contribution in [0, 0.1) is 0 Å². The van der Waals surface area contributed by atoms with Crippen molar-refractivity contribution in [2.24, 2.45) is 0 Å². The number of hydrogen-bond acceptors (Lipinski definition) is 5. The maximum atomic E-state index is 13.3. The molecule has 1 fully saturated rings. The van der Waals surface area contributed by atoms with Gasteiger partial charge in [-0.25, -0.2) is 0 Å². The van der Waals surface area contributed by atoms with E-state index in [9.17, 15) is 4.79 Å². The summed E-state index contributed by atoms with van der Waals surface area (Å²) in [6, 6.07) is 12.7. The third-order valence-electron chi connectivity index (χ3n) is 5.93. The lowest BCUT2D eigenvalue weighted by molar-refractivity contribution is 0.0627. The molecule has 0 radical (unpaired) electrons. The van der Waals surface area contributed by atoms with Crippen molar-refractivity contribution >= 4 is 40.7 Å². The van der Waals surface area contributed by atoms with Gasteiger partial charge in [-0.15, -0.1) is 0 Å². The molecule has 35 heavy (non-hydrogen) atoms. The monoisotopic (exact) mass is 533 g/mol. The minimum absolute atomic E-state index is 0.0749. The van der Waals surface area contributed by atoms with Crippen molar-refractivity contribution in [3.63, 3.8) is 0 Å². The lowest BCUT2D eigenvalue weighted by Crippen LogP contribution is -2.48. The Morgan fingerprint density at radius 3 is 2.37 bits per heavy atom. The Morgan fingerprint density at radius 1 is 0.971 bits per heavy atom. The van der Waals surface area contributed by atoms with E-state index in [0.717, 1.165) is 25.2 Å². The van der Waals surface area contributed by atoms with E-state index in [2.05, 4.69) is 9.88 Å². The van der Waals surface area contributed by atoms with Crippen molar-refractivity contribution in [3.05, 3.63) is 86.6 Å². The Balaban J connectivity index is 1.40. The molecule has 2 aromatic carbocycles. The standard InChI is InChI=1S/C26H26Cl3N3O3/c1-34-23-14-20(15-24(25(23)29)35-13-6-19-2-3-21(27)16-22(19)28)26(33)32-11-9-31(10-12-32)17-18-4-7-30-8-5-18/h2-5,7-8,14-16H,6,9-13,17H2,1H3. The molecule has 1 aliphatic heterocycles. The van der Waals surface area contributed by atoms with E-state index < -0.39 is 0 Å². The van der Waals surface area contributed by atoms with Crippen molar-refractivity contribution in [1.29, 1.82) is 0 Å². The van der Waals surface area contributed by atoms with Crippen LogP contribution in [0.15, 0.2) is 54.9 Å². The molecule has 0 aliphatic carbocycles. The second kappa shape index (κ2) is 12.0. The molecule has 1 saturated heterocycles. The van der Waals surface area contributed by atoms with Gasteiger partial charge in [-0.2, -0.15) is 0 Å². The molecule has 0 atom stereocenters. The van der Waals surface area contributed by atoms with Crippen molar-refractivity contribution in [3.8, 4) is 11.5 Å². The molecule has 0 unspecified atom stereocenters. The minimum Gasteiger partial charge on any atom is -0.495 e. The van der Waals surface area contributed by atoms with Crippen molar-refractivity contribution in [2.75, 3.05) is 39.9 Å². The van der Waals surface area contributed by atoms with Crippen LogP contribution in [0.1, 0.15) is 21.5 Å². The molecule has 184 valence electrons. The van der Waals surface area contributed by atoms with Gasteiger partial charge < -0.3 is 14.4 Å². The van der Waals surface area contributed by atoms with E-state index in [0.29, 0.717) is 58.2 Å². The summed E-state index contributed by atoms with van der Waals surface area (Å²) < 4.78 is 11.4. The number of carbonyl (C=O) groups is 1. The molecule has 3 aromatic rings. The van der Waals surface area contributed by atoms with Gasteiger partial charge in [-0.3, -0.25) is 14.7 Å². The average Bonchev–Trinajstić information content (AvgIpc) is 2.87. The number of pyridine rings is 1. The zero-order valence-corrected chi connectivity index (χ0v) is 21.6. The molecule has 0 bridgehead atoms. The fourth-order valence-electron chi connectivity index (χ4n) is 3.98. The van der Waals surface area contributed by atoms with Gasteiger partial charge in [0.2, 0.25) is 0 Å². The number of methoxy groups -OCH3 is 1. The largest absolute Gasteiger partial charge is 0.495 e. The normalized spacial score (nSPS) is 14.1. The molecule has 6 nitrogen and oxygen atoms in total. The van der Waals surface area contributed by atoms with Crippen LogP contribution in [0.4, 0.5) is 0 Å². The van der Waals surface area contributed by atoms with Gasteiger partial charge >= 0.3 is 0 Å². The van der Waals surface area contributed by atoms with Gasteiger partial charge in [0.25, 0.3) is 5.91 Å². The zero-order chi connectivity index (χ0) is 24.8. The van der Waals surface area contributed by atoms with Crippen LogP contribution in [0.25, 0.3) is 0 Å². The van der Waals surface area contributed by atoms with Crippen molar-refractivity contribution in [2.45, 2.75) is 13.0 Å². The molecule has 0 saturated carbocycles. The Labute approximate surface area is 220 Å². The Hall–Kier alpha value is -2.51. The van der Waals surface area contributed by atoms with Gasteiger partial charge in [0.05, 0.1) is 13.7 Å². The van der Waals surface area contributed by atoms with Crippen LogP contribution in [-0.2, 0) is 13.0 Å². The van der Waals surface area contributed by atoms with E-state index in [1.165, 1.54) is 12.7 Å². The number of benzene rings is 2. The molecule has 4 rings (SSSR count). The number of amides is 1. The lowest BCUT2D eigenvalue weighted by Gasteiger charge is -2.35. The number of ether oxygens (including phenoxy) is 2. The number of piperazine rings is 1. The van der Waals surface area contributed by atoms with Crippen molar-refractivity contribution in [1.82, 2.24) is 14.8 Å². The first-order valence-electron chi connectivity index (χ1n) is 11.3. The minimum atomic E-state index is -0.0749.